The number of aromatic nitrogens is 4. The zero-order valence-electron chi connectivity index (χ0n) is 29.1. The fourth-order valence-electron chi connectivity index (χ4n) is 6.86. The van der Waals surface area contributed by atoms with Gasteiger partial charge in [0.2, 0.25) is 0 Å². The highest BCUT2D eigenvalue weighted by molar-refractivity contribution is 6.09. The standard InChI is InChI=1S/C43H44N4O/c1-8-13-31-22-23-44-41(24-31)46-39-21-18-33(28(2)43(5,6)7)25-38(39)37-20-19-36(27-40(37)46)48-35-17-12-16-34(26-35)47-30(4)42(29(3)45-47)32-14-10-9-11-15-32/h9-12,14-28H,8,13H2,1-7H3. The van der Waals surface area contributed by atoms with Crippen LogP contribution in [0, 0.1) is 19.3 Å². The first-order valence-corrected chi connectivity index (χ1v) is 17.1. The summed E-state index contributed by atoms with van der Waals surface area (Å²) < 4.78 is 10.9. The molecule has 7 rings (SSSR count). The van der Waals surface area contributed by atoms with E-state index in [2.05, 4.69) is 138 Å². The van der Waals surface area contributed by atoms with Gasteiger partial charge in [0.25, 0.3) is 0 Å². The van der Waals surface area contributed by atoms with Gasteiger partial charge in [-0.25, -0.2) is 9.67 Å². The van der Waals surface area contributed by atoms with Crippen LogP contribution >= 0.6 is 0 Å². The zero-order valence-corrected chi connectivity index (χ0v) is 29.1. The van der Waals surface area contributed by atoms with Crippen molar-refractivity contribution >= 4 is 21.8 Å². The van der Waals surface area contributed by atoms with E-state index in [0.717, 1.165) is 63.8 Å². The van der Waals surface area contributed by atoms with E-state index in [9.17, 15) is 0 Å². The third-order valence-corrected chi connectivity index (χ3v) is 9.79. The molecule has 7 aromatic rings. The van der Waals surface area contributed by atoms with Crippen molar-refractivity contribution in [3.63, 3.8) is 0 Å². The Kier molecular flexibility index (Phi) is 8.16. The van der Waals surface area contributed by atoms with E-state index in [-0.39, 0.29) is 5.41 Å². The Hall–Kier alpha value is -5.16. The summed E-state index contributed by atoms with van der Waals surface area (Å²) in [6.45, 7) is 15.7. The van der Waals surface area contributed by atoms with Gasteiger partial charge < -0.3 is 4.74 Å². The number of fused-ring (bicyclic) bond motifs is 3. The van der Waals surface area contributed by atoms with Gasteiger partial charge in [-0.1, -0.05) is 83.5 Å². The van der Waals surface area contributed by atoms with Gasteiger partial charge in [0, 0.05) is 40.4 Å². The smallest absolute Gasteiger partial charge is 0.137 e. The first-order valence-electron chi connectivity index (χ1n) is 17.1. The van der Waals surface area contributed by atoms with Crippen molar-refractivity contribution in [1.82, 2.24) is 19.3 Å². The van der Waals surface area contributed by atoms with Crippen molar-refractivity contribution in [3.8, 4) is 34.1 Å². The number of hydrogen-bond acceptors (Lipinski definition) is 3. The summed E-state index contributed by atoms with van der Waals surface area (Å²) in [7, 11) is 0. The highest BCUT2D eigenvalue weighted by Crippen LogP contribution is 2.40. The molecule has 0 saturated heterocycles. The molecule has 1 unspecified atom stereocenters. The number of rotatable bonds is 8. The zero-order chi connectivity index (χ0) is 33.6. The molecule has 0 radical (unpaired) electrons. The molecular formula is C43H44N4O. The SMILES string of the molecule is CCCc1ccnc(-n2c3ccc(C(C)C(C)(C)C)cc3c3ccc(Oc4cccc(-n5nc(C)c(-c6ccccc6)c5C)c4)cc32)c1. The third kappa shape index (κ3) is 5.79. The Morgan fingerprint density at radius 3 is 2.33 bits per heavy atom. The van der Waals surface area contributed by atoms with Crippen LogP contribution in [0.1, 0.15) is 69.5 Å². The average molecular weight is 633 g/mol. The van der Waals surface area contributed by atoms with Crippen molar-refractivity contribution in [3.05, 3.63) is 132 Å². The molecule has 3 aromatic heterocycles. The van der Waals surface area contributed by atoms with Crippen molar-refractivity contribution in [1.29, 1.82) is 0 Å². The number of hydrogen-bond donors (Lipinski definition) is 0. The molecule has 5 nitrogen and oxygen atoms in total. The van der Waals surface area contributed by atoms with Gasteiger partial charge >= 0.3 is 0 Å². The first-order chi connectivity index (χ1) is 23.1. The Labute approximate surface area is 283 Å². The number of nitrogens with zero attached hydrogens (tertiary/aromatic N) is 4. The quantitative estimate of drug-likeness (QED) is 0.167. The maximum absolute atomic E-state index is 6.59. The van der Waals surface area contributed by atoms with Crippen LogP contribution in [0.3, 0.4) is 0 Å². The molecule has 0 saturated carbocycles. The number of benzene rings is 4. The molecule has 4 aromatic carbocycles. The lowest BCUT2D eigenvalue weighted by atomic mass is 9.77. The van der Waals surface area contributed by atoms with Gasteiger partial charge in [-0.05, 0) is 96.8 Å². The molecule has 0 spiro atoms. The Morgan fingerprint density at radius 2 is 1.56 bits per heavy atom. The Bertz CT molecular complexity index is 2250. The fraction of sp³-hybridized carbons (Fsp3) is 0.256. The molecule has 0 aliphatic carbocycles. The summed E-state index contributed by atoms with van der Waals surface area (Å²) in [5.41, 5.74) is 10.4. The largest absolute Gasteiger partial charge is 0.457 e. The van der Waals surface area contributed by atoms with Crippen LogP contribution in [0.5, 0.6) is 11.5 Å². The van der Waals surface area contributed by atoms with Crippen molar-refractivity contribution in [2.45, 2.75) is 67.2 Å². The van der Waals surface area contributed by atoms with Crippen LogP contribution < -0.4 is 4.74 Å². The molecule has 0 aliphatic heterocycles. The summed E-state index contributed by atoms with van der Waals surface area (Å²) in [4.78, 5) is 4.87. The second-order valence-electron chi connectivity index (χ2n) is 14.1. The first kappa shape index (κ1) is 31.4. The highest BCUT2D eigenvalue weighted by Gasteiger charge is 2.23. The topological polar surface area (TPSA) is 44.9 Å². The number of pyridine rings is 1. The summed E-state index contributed by atoms with van der Waals surface area (Å²) in [6.07, 6.45) is 4.04. The fourth-order valence-corrected chi connectivity index (χ4v) is 6.86. The van der Waals surface area contributed by atoms with E-state index in [1.165, 1.54) is 27.5 Å². The molecule has 5 heteroatoms. The highest BCUT2D eigenvalue weighted by atomic mass is 16.5. The van der Waals surface area contributed by atoms with Gasteiger partial charge in [-0.15, -0.1) is 0 Å². The van der Waals surface area contributed by atoms with Crippen LogP contribution in [0.4, 0.5) is 0 Å². The molecule has 3 heterocycles. The molecule has 0 bridgehead atoms. The van der Waals surface area contributed by atoms with Gasteiger partial charge in [0.15, 0.2) is 0 Å². The van der Waals surface area contributed by atoms with Crippen LogP contribution in [0.25, 0.3) is 44.4 Å². The van der Waals surface area contributed by atoms with Crippen LogP contribution in [0.15, 0.2) is 109 Å². The van der Waals surface area contributed by atoms with E-state index < -0.39 is 0 Å². The predicted octanol–water partition coefficient (Wildman–Crippen LogP) is 11.5. The lowest BCUT2D eigenvalue weighted by Crippen LogP contribution is -2.15. The molecular weight excluding hydrogens is 589 g/mol. The summed E-state index contributed by atoms with van der Waals surface area (Å²) in [5, 5.41) is 7.34. The Balaban J connectivity index is 1.31. The van der Waals surface area contributed by atoms with Crippen molar-refractivity contribution < 1.29 is 4.74 Å². The van der Waals surface area contributed by atoms with Gasteiger partial charge in [-0.3, -0.25) is 4.57 Å². The van der Waals surface area contributed by atoms with E-state index in [4.69, 9.17) is 14.8 Å². The normalized spacial score (nSPS) is 12.6. The molecule has 0 aliphatic rings. The minimum absolute atomic E-state index is 0.161. The van der Waals surface area contributed by atoms with Gasteiger partial charge in [0.05, 0.1) is 22.4 Å². The summed E-state index contributed by atoms with van der Waals surface area (Å²) >= 11 is 0. The van der Waals surface area contributed by atoms with E-state index in [1.54, 1.807) is 0 Å². The maximum Gasteiger partial charge on any atom is 0.137 e. The van der Waals surface area contributed by atoms with Crippen LogP contribution in [-0.4, -0.2) is 19.3 Å². The number of ether oxygens (including phenoxy) is 1. The maximum atomic E-state index is 6.59. The molecule has 1 atom stereocenters. The summed E-state index contributed by atoms with van der Waals surface area (Å²) in [6, 6.07) is 36.3. The molecule has 242 valence electrons. The minimum Gasteiger partial charge on any atom is -0.457 e. The predicted molar refractivity (Wildman–Crippen MR) is 199 cm³/mol. The van der Waals surface area contributed by atoms with Crippen LogP contribution in [-0.2, 0) is 6.42 Å². The molecule has 0 amide bonds. The summed E-state index contributed by atoms with van der Waals surface area (Å²) in [5.74, 6) is 2.87. The monoisotopic (exact) mass is 632 g/mol. The minimum atomic E-state index is 0.161. The number of aryl methyl sites for hydroxylation is 2. The second-order valence-corrected chi connectivity index (χ2v) is 14.1. The van der Waals surface area contributed by atoms with Crippen molar-refractivity contribution in [2.24, 2.45) is 5.41 Å². The second kappa shape index (κ2) is 12.5. The molecule has 0 fully saturated rings. The molecule has 48 heavy (non-hydrogen) atoms. The molecule has 0 N–H and O–H groups in total. The van der Waals surface area contributed by atoms with Gasteiger partial charge in [0.1, 0.15) is 17.3 Å². The lowest BCUT2D eigenvalue weighted by Gasteiger charge is -2.27. The van der Waals surface area contributed by atoms with E-state index in [1.807, 2.05) is 29.1 Å². The van der Waals surface area contributed by atoms with E-state index >= 15 is 0 Å². The Morgan fingerprint density at radius 1 is 0.771 bits per heavy atom. The third-order valence-electron chi connectivity index (χ3n) is 9.79. The average Bonchev–Trinajstić information content (AvgIpc) is 3.56. The van der Waals surface area contributed by atoms with E-state index in [0.29, 0.717) is 5.92 Å². The van der Waals surface area contributed by atoms with Crippen LogP contribution in [0.2, 0.25) is 0 Å². The van der Waals surface area contributed by atoms with Gasteiger partial charge in [-0.2, -0.15) is 5.10 Å². The van der Waals surface area contributed by atoms with Crippen molar-refractivity contribution in [2.75, 3.05) is 0 Å². The lowest BCUT2D eigenvalue weighted by molar-refractivity contribution is 0.340.